The minimum absolute atomic E-state index is 0.0131. The molecular formula is C28H35ClF2N8O. The molecule has 9 nitrogen and oxygen atoms in total. The Kier molecular flexibility index (Phi) is 7.16. The third kappa shape index (κ3) is 4.92. The molecule has 0 spiro atoms. The molecular weight excluding hydrogens is 538 g/mol. The van der Waals surface area contributed by atoms with Crippen LogP contribution < -0.4 is 10.5 Å². The minimum atomic E-state index is -2.61. The first-order valence-corrected chi connectivity index (χ1v) is 14.3. The molecule has 4 heterocycles. The van der Waals surface area contributed by atoms with Gasteiger partial charge in [0.15, 0.2) is 11.5 Å². The van der Waals surface area contributed by atoms with E-state index in [0.717, 1.165) is 31.4 Å². The zero-order valence-electron chi connectivity index (χ0n) is 22.7. The third-order valence-corrected chi connectivity index (χ3v) is 8.94. The van der Waals surface area contributed by atoms with E-state index in [4.69, 9.17) is 32.1 Å². The Morgan fingerprint density at radius 1 is 1.18 bits per heavy atom. The Hall–Kier alpha value is -2.89. The number of piperazine rings is 1. The maximum atomic E-state index is 14.0. The van der Waals surface area contributed by atoms with Crippen molar-refractivity contribution in [2.75, 3.05) is 24.6 Å². The van der Waals surface area contributed by atoms with Gasteiger partial charge in [-0.15, -0.1) is 0 Å². The van der Waals surface area contributed by atoms with Crippen LogP contribution in [0.5, 0.6) is 0 Å². The Bertz CT molecular complexity index is 1440. The normalized spacial score (nSPS) is 26.2. The van der Waals surface area contributed by atoms with Crippen LogP contribution in [0.3, 0.4) is 0 Å². The molecule has 1 unspecified atom stereocenters. The van der Waals surface area contributed by atoms with Gasteiger partial charge in [0.2, 0.25) is 11.5 Å². The molecule has 0 amide bonds. The molecule has 2 aromatic heterocycles. The molecule has 4 atom stereocenters. The highest BCUT2D eigenvalue weighted by Crippen LogP contribution is 2.51. The van der Waals surface area contributed by atoms with Crippen molar-refractivity contribution >= 4 is 34.9 Å². The average molecular weight is 573 g/mol. The highest BCUT2D eigenvalue weighted by atomic mass is 35.5. The third-order valence-electron chi connectivity index (χ3n) is 8.69. The van der Waals surface area contributed by atoms with Crippen molar-refractivity contribution in [3.63, 3.8) is 0 Å². The zero-order chi connectivity index (χ0) is 28.2. The first-order valence-electron chi connectivity index (χ1n) is 13.9. The number of hydrogen-bond acceptors (Lipinski definition) is 7. The molecule has 3 aromatic rings. The molecule has 2 aliphatic heterocycles. The van der Waals surface area contributed by atoms with Crippen molar-refractivity contribution < 1.29 is 13.5 Å². The fourth-order valence-corrected chi connectivity index (χ4v) is 6.84. The van der Waals surface area contributed by atoms with Crippen LogP contribution in [0, 0.1) is 16.7 Å². The number of nitrogens with zero attached hydrogens (tertiary/aromatic N) is 6. The predicted molar refractivity (Wildman–Crippen MR) is 149 cm³/mol. The number of alkyl halides is 2. The van der Waals surface area contributed by atoms with Crippen molar-refractivity contribution in [2.45, 2.75) is 76.2 Å². The lowest BCUT2D eigenvalue weighted by Gasteiger charge is -2.52. The number of fused-ring (bicyclic) bond motifs is 1. The molecule has 2 N–H and O–H groups in total. The first kappa shape index (κ1) is 27.3. The number of rotatable bonds is 7. The minimum Gasteiger partial charge on any atom is -0.376 e. The molecule has 0 bridgehead atoms. The van der Waals surface area contributed by atoms with E-state index >= 15 is 0 Å². The van der Waals surface area contributed by atoms with Crippen molar-refractivity contribution in [2.24, 2.45) is 5.92 Å². The molecule has 214 valence electrons. The topological polar surface area (TPSA) is 99.1 Å². The average Bonchev–Trinajstić information content (AvgIpc) is 3.56. The van der Waals surface area contributed by atoms with Gasteiger partial charge in [-0.2, -0.15) is 4.98 Å². The summed E-state index contributed by atoms with van der Waals surface area (Å²) in [5.41, 5.74) is 2.26. The van der Waals surface area contributed by atoms with Crippen molar-refractivity contribution in [1.29, 1.82) is 10.8 Å². The number of nitrogens with one attached hydrogen (secondary N) is 2. The van der Waals surface area contributed by atoms with Crippen LogP contribution in [0.25, 0.3) is 11.2 Å². The molecule has 1 saturated carbocycles. The molecule has 40 heavy (non-hydrogen) atoms. The Balaban J connectivity index is 1.32. The number of aromatic nitrogens is 4. The number of anilines is 1. The largest absolute Gasteiger partial charge is 0.376 e. The summed E-state index contributed by atoms with van der Waals surface area (Å²) in [4.78, 5) is 13.8. The summed E-state index contributed by atoms with van der Waals surface area (Å²) in [7, 11) is 0. The first-order chi connectivity index (χ1) is 19.1. The molecule has 1 aromatic carbocycles. The second-order valence-corrected chi connectivity index (χ2v) is 12.0. The van der Waals surface area contributed by atoms with Gasteiger partial charge in [0.1, 0.15) is 5.52 Å². The van der Waals surface area contributed by atoms with Gasteiger partial charge in [0.05, 0.1) is 25.3 Å². The summed E-state index contributed by atoms with van der Waals surface area (Å²) in [5, 5.41) is 17.2. The standard InChI is InChI=1S/C28H35ClF2N8O/c1-17-13-38(18(2)12-37(17)24(20-10-28(30,31)11-20)19-5-7-21(29)8-6-19)25-23-26(39(15-32)27(33)35-25)36(16-34-23)14-22-4-3-9-40-22/h5-8,15-18,20,22,24,32-33H,3-4,9-14H2,1-2H3/t17-,18+,22+,24?/m1/s1. The fraction of sp³-hybridized carbons (Fsp3) is 0.571. The van der Waals surface area contributed by atoms with Gasteiger partial charge in [-0.25, -0.2) is 13.8 Å². The monoisotopic (exact) mass is 572 g/mol. The molecule has 2 saturated heterocycles. The Labute approximate surface area is 236 Å². The van der Waals surface area contributed by atoms with E-state index in [9.17, 15) is 8.78 Å². The summed E-state index contributed by atoms with van der Waals surface area (Å²) in [6.07, 6.45) is 4.68. The SMILES string of the molecule is C[C@@H]1CN(c2nc(=N)n(C=N)c3c2ncn3C[C@@H]2CCCO2)[C@@H](C)CN1C(c1ccc(Cl)cc1)C1CC(F)(F)C1. The smallest absolute Gasteiger partial charge is 0.248 e. The van der Waals surface area contributed by atoms with Gasteiger partial charge in [-0.1, -0.05) is 23.7 Å². The fourth-order valence-electron chi connectivity index (χ4n) is 6.72. The van der Waals surface area contributed by atoms with Crippen molar-refractivity contribution in [3.8, 4) is 0 Å². The van der Waals surface area contributed by atoms with Crippen LogP contribution in [0.1, 0.15) is 51.1 Å². The second-order valence-electron chi connectivity index (χ2n) is 11.5. The van der Waals surface area contributed by atoms with Crippen LogP contribution in [0.4, 0.5) is 14.6 Å². The van der Waals surface area contributed by atoms with E-state index in [2.05, 4.69) is 28.6 Å². The van der Waals surface area contributed by atoms with Gasteiger partial charge < -0.3 is 14.2 Å². The van der Waals surface area contributed by atoms with Gasteiger partial charge in [-0.05, 0) is 50.3 Å². The van der Waals surface area contributed by atoms with Gasteiger partial charge >= 0.3 is 0 Å². The summed E-state index contributed by atoms with van der Waals surface area (Å²) >= 11 is 6.15. The van der Waals surface area contributed by atoms with Gasteiger partial charge in [0, 0.05) is 55.7 Å². The molecule has 1 aliphatic carbocycles. The number of imidazole rings is 1. The van der Waals surface area contributed by atoms with Crippen molar-refractivity contribution in [1.82, 2.24) is 24.0 Å². The van der Waals surface area contributed by atoms with Crippen molar-refractivity contribution in [3.05, 3.63) is 46.8 Å². The number of ether oxygens (including phenoxy) is 1. The van der Waals surface area contributed by atoms with Crippen LogP contribution in [-0.2, 0) is 11.3 Å². The highest BCUT2D eigenvalue weighted by molar-refractivity contribution is 6.30. The summed E-state index contributed by atoms with van der Waals surface area (Å²) in [5.74, 6) is -2.14. The van der Waals surface area contributed by atoms with Crippen LogP contribution in [0.15, 0.2) is 30.6 Å². The Morgan fingerprint density at radius 3 is 2.58 bits per heavy atom. The van der Waals surface area contributed by atoms with E-state index in [1.165, 1.54) is 4.57 Å². The van der Waals surface area contributed by atoms with E-state index in [-0.39, 0.29) is 48.6 Å². The lowest BCUT2D eigenvalue weighted by Crippen LogP contribution is -2.60. The van der Waals surface area contributed by atoms with Gasteiger partial charge in [-0.3, -0.25) is 20.3 Å². The molecule has 12 heteroatoms. The Morgan fingerprint density at radius 2 is 1.93 bits per heavy atom. The van der Waals surface area contributed by atoms with Gasteiger partial charge in [0.25, 0.3) is 0 Å². The number of halogens is 3. The molecule has 6 rings (SSSR count). The molecule has 3 aliphatic rings. The lowest BCUT2D eigenvalue weighted by molar-refractivity contribution is -0.137. The maximum absolute atomic E-state index is 14.0. The quantitative estimate of drug-likeness (QED) is 0.316. The van der Waals surface area contributed by atoms with E-state index in [0.29, 0.717) is 41.6 Å². The van der Waals surface area contributed by atoms with E-state index in [1.54, 1.807) is 6.33 Å². The summed E-state index contributed by atoms with van der Waals surface area (Å²) < 4.78 is 37.3. The van der Waals surface area contributed by atoms with Crippen LogP contribution in [-0.4, -0.2) is 74.1 Å². The zero-order valence-corrected chi connectivity index (χ0v) is 23.5. The summed E-state index contributed by atoms with van der Waals surface area (Å²) in [6, 6.07) is 7.45. The summed E-state index contributed by atoms with van der Waals surface area (Å²) in [6.45, 7) is 6.81. The predicted octanol–water partition coefficient (Wildman–Crippen LogP) is 4.69. The van der Waals surface area contributed by atoms with Crippen LogP contribution >= 0.6 is 11.6 Å². The number of hydrogen-bond donors (Lipinski definition) is 2. The maximum Gasteiger partial charge on any atom is 0.248 e. The highest BCUT2D eigenvalue weighted by Gasteiger charge is 2.51. The molecule has 0 radical (unpaired) electrons. The molecule has 3 fully saturated rings. The lowest BCUT2D eigenvalue weighted by atomic mass is 9.73. The second kappa shape index (κ2) is 10.5. The van der Waals surface area contributed by atoms with E-state index < -0.39 is 5.92 Å². The van der Waals surface area contributed by atoms with E-state index in [1.807, 2.05) is 28.8 Å². The number of benzene rings is 1. The van der Waals surface area contributed by atoms with Crippen LogP contribution in [0.2, 0.25) is 5.02 Å².